The maximum absolute atomic E-state index is 14.3. The molecule has 0 saturated carbocycles. The number of rotatable bonds is 7. The third-order valence-corrected chi connectivity index (χ3v) is 4.40. The molecule has 0 saturated heterocycles. The molecule has 1 aromatic carbocycles. The molecule has 0 radical (unpaired) electrons. The molecule has 0 amide bonds. The van der Waals surface area contributed by atoms with E-state index in [1.54, 1.807) is 12.1 Å². The van der Waals surface area contributed by atoms with Crippen LogP contribution in [-0.4, -0.2) is 27.8 Å². The van der Waals surface area contributed by atoms with Gasteiger partial charge >= 0.3 is 5.69 Å². The third kappa shape index (κ3) is 4.78. The molecule has 5 nitrogen and oxygen atoms in total. The first kappa shape index (κ1) is 18.4. The van der Waals surface area contributed by atoms with Crippen molar-refractivity contribution in [3.63, 3.8) is 0 Å². The summed E-state index contributed by atoms with van der Waals surface area (Å²) in [5.74, 6) is 0. The van der Waals surface area contributed by atoms with E-state index in [-0.39, 0.29) is 6.73 Å². The van der Waals surface area contributed by atoms with Gasteiger partial charge in [-0.2, -0.15) is 0 Å². The number of halogens is 2. The van der Waals surface area contributed by atoms with Crippen LogP contribution < -0.4 is 11.2 Å². The Kier molecular flexibility index (Phi) is 6.33. The Morgan fingerprint density at radius 3 is 2.54 bits per heavy atom. The molecule has 2 atom stereocenters. The lowest BCUT2D eigenvalue weighted by molar-refractivity contribution is -0.0287. The first-order chi connectivity index (χ1) is 11.4. The number of aryl methyl sites for hydroxylation is 2. The van der Waals surface area contributed by atoms with Crippen molar-refractivity contribution >= 4 is 11.8 Å². The van der Waals surface area contributed by atoms with Crippen LogP contribution in [0.2, 0.25) is 0 Å². The van der Waals surface area contributed by atoms with Crippen LogP contribution in [0.5, 0.6) is 0 Å². The summed E-state index contributed by atoms with van der Waals surface area (Å²) < 4.78 is 33.6. The van der Waals surface area contributed by atoms with Crippen LogP contribution in [0.25, 0.3) is 0 Å². The molecule has 130 valence electrons. The van der Waals surface area contributed by atoms with Gasteiger partial charge in [0.15, 0.2) is 5.50 Å². The van der Waals surface area contributed by atoms with Gasteiger partial charge in [0.25, 0.3) is 5.56 Å². The summed E-state index contributed by atoms with van der Waals surface area (Å²) in [5.41, 5.74) is -1.47. The number of hydrogen-bond donors (Lipinski definition) is 1. The van der Waals surface area contributed by atoms with Crippen molar-refractivity contribution in [1.29, 1.82) is 0 Å². The second-order valence-corrected chi connectivity index (χ2v) is 6.47. The van der Waals surface area contributed by atoms with Gasteiger partial charge in [0.2, 0.25) is 0 Å². The molecule has 1 N–H and O–H groups in total. The van der Waals surface area contributed by atoms with E-state index < -0.39 is 29.5 Å². The first-order valence-corrected chi connectivity index (χ1v) is 8.14. The predicted molar refractivity (Wildman–Crippen MR) is 88.8 cm³/mol. The fourth-order valence-electron chi connectivity index (χ4n) is 1.90. The van der Waals surface area contributed by atoms with Crippen LogP contribution in [-0.2, 0) is 11.5 Å². The zero-order valence-corrected chi connectivity index (χ0v) is 14.1. The zero-order chi connectivity index (χ0) is 17.7. The Bertz CT molecular complexity index is 789. The highest BCUT2D eigenvalue weighted by Crippen LogP contribution is 2.28. The van der Waals surface area contributed by atoms with Crippen molar-refractivity contribution < 1.29 is 13.5 Å². The molecule has 0 aliphatic carbocycles. The summed E-state index contributed by atoms with van der Waals surface area (Å²) in [6.45, 7) is 2.06. The molecule has 0 aliphatic heterocycles. The van der Waals surface area contributed by atoms with E-state index in [0.29, 0.717) is 10.5 Å². The average molecular weight is 356 g/mol. The number of nitrogens with one attached hydrogen (secondary N) is 1. The molecule has 2 rings (SSSR count). The van der Waals surface area contributed by atoms with E-state index in [4.69, 9.17) is 4.74 Å². The summed E-state index contributed by atoms with van der Waals surface area (Å²) in [7, 11) is 0. The van der Waals surface area contributed by atoms with Gasteiger partial charge in [-0.3, -0.25) is 14.3 Å². The Balaban J connectivity index is 2.01. The SMILES string of the molecule is Cc1ccc(S[C@H](F)[C@H](CF)OCn2cc(C)c(=O)[nH]c2=O)cc1. The van der Waals surface area contributed by atoms with Gasteiger partial charge < -0.3 is 4.74 Å². The smallest absolute Gasteiger partial charge is 0.330 e. The molecular formula is C16H18F2N2O3S. The highest BCUT2D eigenvalue weighted by atomic mass is 32.2. The molecule has 0 unspecified atom stereocenters. The lowest BCUT2D eigenvalue weighted by Crippen LogP contribution is -2.34. The van der Waals surface area contributed by atoms with Gasteiger partial charge in [0.1, 0.15) is 19.5 Å². The van der Waals surface area contributed by atoms with Crippen LogP contribution in [0.3, 0.4) is 0 Å². The molecule has 0 spiro atoms. The van der Waals surface area contributed by atoms with Gasteiger partial charge in [-0.15, -0.1) is 0 Å². The van der Waals surface area contributed by atoms with Crippen LogP contribution in [0.15, 0.2) is 44.9 Å². The van der Waals surface area contributed by atoms with Crippen molar-refractivity contribution in [2.75, 3.05) is 6.67 Å². The highest BCUT2D eigenvalue weighted by Gasteiger charge is 2.23. The number of aromatic nitrogens is 2. The van der Waals surface area contributed by atoms with Gasteiger partial charge in [-0.1, -0.05) is 29.5 Å². The summed E-state index contributed by atoms with van der Waals surface area (Å²) in [5, 5.41) is 0. The largest absolute Gasteiger partial charge is 0.351 e. The number of thioether (sulfide) groups is 1. The number of hydrogen-bond acceptors (Lipinski definition) is 4. The normalized spacial score (nSPS) is 13.7. The van der Waals surface area contributed by atoms with Gasteiger partial charge in [-0.25, -0.2) is 13.6 Å². The molecule has 0 aliphatic rings. The van der Waals surface area contributed by atoms with Crippen LogP contribution in [0.1, 0.15) is 11.1 Å². The standard InChI is InChI=1S/C16H18F2N2O3S/c1-10-3-5-12(6-4-10)24-14(18)13(7-17)23-9-20-8-11(2)15(21)19-16(20)22/h3-6,8,13-14H,7,9H2,1-2H3,(H,19,21,22)/t13-,14-/m0/s1. The third-order valence-electron chi connectivity index (χ3n) is 3.33. The summed E-state index contributed by atoms with van der Waals surface area (Å²) in [6.07, 6.45) is -0.0352. The fourth-order valence-corrected chi connectivity index (χ4v) is 2.76. The highest BCUT2D eigenvalue weighted by molar-refractivity contribution is 7.99. The molecule has 0 fully saturated rings. The molecule has 8 heteroatoms. The van der Waals surface area contributed by atoms with Gasteiger partial charge in [0, 0.05) is 16.7 Å². The lowest BCUT2D eigenvalue weighted by Gasteiger charge is -2.19. The number of benzene rings is 1. The van der Waals surface area contributed by atoms with Crippen LogP contribution in [0, 0.1) is 13.8 Å². The van der Waals surface area contributed by atoms with Gasteiger partial charge in [0.05, 0.1) is 0 Å². The van der Waals surface area contributed by atoms with Crippen molar-refractivity contribution in [2.45, 2.75) is 37.1 Å². The van der Waals surface area contributed by atoms with Crippen molar-refractivity contribution in [2.24, 2.45) is 0 Å². The minimum atomic E-state index is -1.63. The van der Waals surface area contributed by atoms with E-state index in [0.717, 1.165) is 21.9 Å². The summed E-state index contributed by atoms with van der Waals surface area (Å²) in [6, 6.07) is 7.17. The fraction of sp³-hybridized carbons (Fsp3) is 0.375. The summed E-state index contributed by atoms with van der Waals surface area (Å²) in [4.78, 5) is 25.7. The maximum Gasteiger partial charge on any atom is 0.330 e. The number of aromatic amines is 1. The predicted octanol–water partition coefficient (Wildman–Crippen LogP) is 2.55. The molecule has 1 aromatic heterocycles. The Morgan fingerprint density at radius 2 is 1.92 bits per heavy atom. The van der Waals surface area contributed by atoms with E-state index in [1.807, 2.05) is 19.1 Å². The monoisotopic (exact) mass is 356 g/mol. The van der Waals surface area contributed by atoms with E-state index in [9.17, 15) is 18.4 Å². The molecule has 0 bridgehead atoms. The lowest BCUT2D eigenvalue weighted by atomic mass is 10.2. The number of nitrogens with zero attached hydrogens (tertiary/aromatic N) is 1. The molecule has 1 heterocycles. The zero-order valence-electron chi connectivity index (χ0n) is 13.3. The molecule has 2 aromatic rings. The second kappa shape index (κ2) is 8.25. The van der Waals surface area contributed by atoms with E-state index in [1.165, 1.54) is 13.1 Å². The van der Waals surface area contributed by atoms with Crippen molar-refractivity contribution in [1.82, 2.24) is 9.55 Å². The Hall–Kier alpha value is -1.93. The van der Waals surface area contributed by atoms with E-state index in [2.05, 4.69) is 4.98 Å². The number of ether oxygens (including phenoxy) is 1. The van der Waals surface area contributed by atoms with Crippen molar-refractivity contribution in [3.05, 3.63) is 62.4 Å². The topological polar surface area (TPSA) is 64.1 Å². The molecule has 24 heavy (non-hydrogen) atoms. The summed E-state index contributed by atoms with van der Waals surface area (Å²) >= 11 is 0.853. The number of alkyl halides is 2. The van der Waals surface area contributed by atoms with Crippen molar-refractivity contribution in [3.8, 4) is 0 Å². The van der Waals surface area contributed by atoms with Crippen LogP contribution >= 0.6 is 11.8 Å². The Labute approximate surface area is 141 Å². The first-order valence-electron chi connectivity index (χ1n) is 7.26. The average Bonchev–Trinajstić information content (AvgIpc) is 2.54. The van der Waals surface area contributed by atoms with E-state index >= 15 is 0 Å². The maximum atomic E-state index is 14.3. The molecular weight excluding hydrogens is 338 g/mol. The minimum Gasteiger partial charge on any atom is -0.351 e. The quantitative estimate of drug-likeness (QED) is 0.775. The van der Waals surface area contributed by atoms with Crippen LogP contribution in [0.4, 0.5) is 8.78 Å². The van der Waals surface area contributed by atoms with Gasteiger partial charge in [-0.05, 0) is 26.0 Å². The minimum absolute atomic E-state index is 0.306. The second-order valence-electron chi connectivity index (χ2n) is 5.31. The number of H-pyrrole nitrogens is 1. The Morgan fingerprint density at radius 1 is 1.25 bits per heavy atom.